The maximum atomic E-state index is 13.7. The molecule has 0 spiro atoms. The fourth-order valence-electron chi connectivity index (χ4n) is 2.28. The third-order valence-corrected chi connectivity index (χ3v) is 3.47. The van der Waals surface area contributed by atoms with Crippen LogP contribution in [0.2, 0.25) is 0 Å². The summed E-state index contributed by atoms with van der Waals surface area (Å²) < 4.78 is 18.6. The zero-order valence-corrected chi connectivity index (χ0v) is 11.6. The van der Waals surface area contributed by atoms with E-state index in [-0.39, 0.29) is 12.2 Å². The highest BCUT2D eigenvalue weighted by Crippen LogP contribution is 2.23. The van der Waals surface area contributed by atoms with Gasteiger partial charge in [0.25, 0.3) is 0 Å². The van der Waals surface area contributed by atoms with Crippen LogP contribution < -0.4 is 10.1 Å². The number of benzene rings is 1. The second-order valence-electron chi connectivity index (χ2n) is 4.90. The number of nitrogens with zero attached hydrogens (tertiary/aromatic N) is 1. The molecule has 2 N–H and O–H groups in total. The summed E-state index contributed by atoms with van der Waals surface area (Å²) in [7, 11) is 1.45. The van der Waals surface area contributed by atoms with Gasteiger partial charge in [-0.15, -0.1) is 0 Å². The van der Waals surface area contributed by atoms with Crippen LogP contribution in [0.3, 0.4) is 0 Å². The molecule has 0 bridgehead atoms. The molecule has 7 heteroatoms. The van der Waals surface area contributed by atoms with Gasteiger partial charge in [0.2, 0.25) is 0 Å². The van der Waals surface area contributed by atoms with Crippen LogP contribution in [0.4, 0.5) is 14.9 Å². The molecule has 1 saturated heterocycles. The summed E-state index contributed by atoms with van der Waals surface area (Å²) >= 11 is 0. The number of carbonyl (C=O) groups is 2. The van der Waals surface area contributed by atoms with Crippen molar-refractivity contribution in [1.82, 2.24) is 4.90 Å². The molecule has 0 saturated carbocycles. The largest absolute Gasteiger partial charge is 0.497 e. The number of carboxylic acid groups (broad SMARTS) is 1. The summed E-state index contributed by atoms with van der Waals surface area (Å²) in [6, 6.07) is 3.52. The Hall–Kier alpha value is -2.31. The van der Waals surface area contributed by atoms with Crippen LogP contribution in [0, 0.1) is 11.7 Å². The fourth-order valence-corrected chi connectivity index (χ4v) is 2.28. The van der Waals surface area contributed by atoms with Crippen molar-refractivity contribution in [3.05, 3.63) is 24.0 Å². The van der Waals surface area contributed by atoms with Crippen LogP contribution in [0.25, 0.3) is 0 Å². The molecule has 0 radical (unpaired) electrons. The smallest absolute Gasteiger partial charge is 0.321 e. The van der Waals surface area contributed by atoms with Gasteiger partial charge in [-0.1, -0.05) is 0 Å². The molecule has 6 nitrogen and oxygen atoms in total. The predicted molar refractivity (Wildman–Crippen MR) is 73.9 cm³/mol. The first kappa shape index (κ1) is 15.1. The lowest BCUT2D eigenvalue weighted by Crippen LogP contribution is -2.44. The Morgan fingerprint density at radius 3 is 2.90 bits per heavy atom. The Balaban J connectivity index is 2.05. The van der Waals surface area contributed by atoms with E-state index in [1.807, 2.05) is 0 Å². The molecule has 0 aromatic heterocycles. The van der Waals surface area contributed by atoms with Crippen LogP contribution in [0.1, 0.15) is 12.8 Å². The van der Waals surface area contributed by atoms with Crippen molar-refractivity contribution in [2.24, 2.45) is 5.92 Å². The van der Waals surface area contributed by atoms with E-state index in [1.54, 1.807) is 0 Å². The number of piperidine rings is 1. The highest BCUT2D eigenvalue weighted by Gasteiger charge is 2.28. The van der Waals surface area contributed by atoms with Gasteiger partial charge in [-0.3, -0.25) is 4.79 Å². The number of ether oxygens (including phenoxy) is 1. The predicted octanol–water partition coefficient (Wildman–Crippen LogP) is 2.16. The Labute approximate surface area is 121 Å². The molecule has 2 amide bonds. The van der Waals surface area contributed by atoms with Crippen molar-refractivity contribution in [2.45, 2.75) is 12.8 Å². The minimum Gasteiger partial charge on any atom is -0.497 e. The second kappa shape index (κ2) is 6.43. The zero-order chi connectivity index (χ0) is 15.4. The summed E-state index contributed by atoms with van der Waals surface area (Å²) in [4.78, 5) is 24.5. The SMILES string of the molecule is COc1ccc(F)c(NC(=O)N2CCC[C@H](C(=O)O)C2)c1. The van der Waals surface area contributed by atoms with Crippen molar-refractivity contribution in [2.75, 3.05) is 25.5 Å². The van der Waals surface area contributed by atoms with Crippen molar-refractivity contribution in [3.8, 4) is 5.75 Å². The molecule has 1 atom stereocenters. The van der Waals surface area contributed by atoms with Gasteiger partial charge in [-0.05, 0) is 25.0 Å². The first-order valence-electron chi connectivity index (χ1n) is 6.63. The topological polar surface area (TPSA) is 78.9 Å². The average Bonchev–Trinajstić information content (AvgIpc) is 2.49. The molecule has 1 heterocycles. The summed E-state index contributed by atoms with van der Waals surface area (Å²) in [6.45, 7) is 0.591. The minimum absolute atomic E-state index is 0.0109. The number of carboxylic acids is 1. The summed E-state index contributed by atoms with van der Waals surface area (Å²) in [5.74, 6) is -1.63. The van der Waals surface area contributed by atoms with E-state index >= 15 is 0 Å². The van der Waals surface area contributed by atoms with Crippen molar-refractivity contribution >= 4 is 17.7 Å². The Morgan fingerprint density at radius 2 is 2.24 bits per heavy atom. The van der Waals surface area contributed by atoms with Gasteiger partial charge in [-0.25, -0.2) is 9.18 Å². The van der Waals surface area contributed by atoms with E-state index in [1.165, 1.54) is 30.2 Å². The third-order valence-electron chi connectivity index (χ3n) is 3.47. The van der Waals surface area contributed by atoms with Crippen LogP contribution in [0.15, 0.2) is 18.2 Å². The fraction of sp³-hybridized carbons (Fsp3) is 0.429. The number of likely N-dealkylation sites (tertiary alicyclic amines) is 1. The monoisotopic (exact) mass is 296 g/mol. The van der Waals surface area contributed by atoms with Gasteiger partial charge in [0, 0.05) is 19.2 Å². The van der Waals surface area contributed by atoms with E-state index in [0.29, 0.717) is 25.1 Å². The van der Waals surface area contributed by atoms with Gasteiger partial charge in [0.1, 0.15) is 11.6 Å². The number of halogens is 1. The molecule has 1 aliphatic rings. The number of methoxy groups -OCH3 is 1. The highest BCUT2D eigenvalue weighted by molar-refractivity contribution is 5.90. The van der Waals surface area contributed by atoms with E-state index in [4.69, 9.17) is 9.84 Å². The number of nitrogens with one attached hydrogen (secondary N) is 1. The van der Waals surface area contributed by atoms with E-state index in [0.717, 1.165) is 0 Å². The highest BCUT2D eigenvalue weighted by atomic mass is 19.1. The second-order valence-corrected chi connectivity index (χ2v) is 4.90. The molecular weight excluding hydrogens is 279 g/mol. The quantitative estimate of drug-likeness (QED) is 0.896. The molecule has 1 aromatic carbocycles. The molecule has 1 aromatic rings. The number of carbonyl (C=O) groups excluding carboxylic acids is 1. The van der Waals surface area contributed by atoms with Crippen LogP contribution >= 0.6 is 0 Å². The lowest BCUT2D eigenvalue weighted by molar-refractivity contribution is -0.143. The van der Waals surface area contributed by atoms with Gasteiger partial charge in [-0.2, -0.15) is 0 Å². The molecule has 1 fully saturated rings. The lowest BCUT2D eigenvalue weighted by atomic mass is 9.99. The van der Waals surface area contributed by atoms with Gasteiger partial charge in [0.05, 0.1) is 18.7 Å². The first-order chi connectivity index (χ1) is 10.0. The average molecular weight is 296 g/mol. The lowest BCUT2D eigenvalue weighted by Gasteiger charge is -2.30. The maximum Gasteiger partial charge on any atom is 0.321 e. The van der Waals surface area contributed by atoms with Crippen LogP contribution in [-0.2, 0) is 4.79 Å². The number of urea groups is 1. The summed E-state index contributed by atoms with van der Waals surface area (Å²) in [6.07, 6.45) is 1.16. The van der Waals surface area contributed by atoms with E-state index < -0.39 is 23.7 Å². The third kappa shape index (κ3) is 3.62. The van der Waals surface area contributed by atoms with Crippen molar-refractivity contribution in [1.29, 1.82) is 0 Å². The zero-order valence-electron chi connectivity index (χ0n) is 11.6. The Bertz CT molecular complexity index is 550. The molecule has 114 valence electrons. The van der Waals surface area contributed by atoms with Gasteiger partial charge < -0.3 is 20.1 Å². The Morgan fingerprint density at radius 1 is 1.48 bits per heavy atom. The number of hydrogen-bond acceptors (Lipinski definition) is 3. The normalized spacial score (nSPS) is 18.2. The molecule has 0 aliphatic carbocycles. The van der Waals surface area contributed by atoms with Crippen molar-refractivity contribution in [3.63, 3.8) is 0 Å². The number of aliphatic carboxylic acids is 1. The molecule has 21 heavy (non-hydrogen) atoms. The van der Waals surface area contributed by atoms with E-state index in [9.17, 15) is 14.0 Å². The molecule has 0 unspecified atom stereocenters. The first-order valence-corrected chi connectivity index (χ1v) is 6.63. The molecule has 2 rings (SSSR count). The standard InChI is InChI=1S/C14H17FN2O4/c1-21-10-4-5-11(15)12(7-10)16-14(20)17-6-2-3-9(8-17)13(18)19/h4-5,7,9H,2-3,6,8H2,1H3,(H,16,20)(H,18,19)/t9-/m0/s1. The van der Waals surface area contributed by atoms with E-state index in [2.05, 4.69) is 5.32 Å². The number of amides is 2. The van der Waals surface area contributed by atoms with Crippen molar-refractivity contribution < 1.29 is 23.8 Å². The summed E-state index contributed by atoms with van der Waals surface area (Å²) in [5, 5.41) is 11.5. The number of hydrogen-bond donors (Lipinski definition) is 2. The Kier molecular flexibility index (Phi) is 4.62. The van der Waals surface area contributed by atoms with Crippen LogP contribution in [-0.4, -0.2) is 42.2 Å². The molecule has 1 aliphatic heterocycles. The summed E-state index contributed by atoms with van der Waals surface area (Å²) in [5.41, 5.74) is 0.0109. The van der Waals surface area contributed by atoms with Gasteiger partial charge >= 0.3 is 12.0 Å². The maximum absolute atomic E-state index is 13.7. The van der Waals surface area contributed by atoms with Gasteiger partial charge in [0.15, 0.2) is 0 Å². The van der Waals surface area contributed by atoms with Crippen LogP contribution in [0.5, 0.6) is 5.75 Å². The molecular formula is C14H17FN2O4. The number of anilines is 1. The number of rotatable bonds is 3. The minimum atomic E-state index is -0.917.